The van der Waals surface area contributed by atoms with Crippen molar-refractivity contribution in [2.45, 2.75) is 6.92 Å². The zero-order chi connectivity index (χ0) is 23.8. The van der Waals surface area contributed by atoms with Gasteiger partial charge in [-0.25, -0.2) is 9.37 Å². The van der Waals surface area contributed by atoms with Crippen LogP contribution in [0.2, 0.25) is 5.02 Å². The van der Waals surface area contributed by atoms with Gasteiger partial charge < -0.3 is 14.3 Å². The molecule has 0 bridgehead atoms. The highest BCUT2D eigenvalue weighted by Crippen LogP contribution is 2.28. The maximum absolute atomic E-state index is 14.1. The zero-order valence-electron chi connectivity index (χ0n) is 18.3. The van der Waals surface area contributed by atoms with Gasteiger partial charge in [0.05, 0.1) is 27.9 Å². The van der Waals surface area contributed by atoms with Crippen LogP contribution >= 0.6 is 11.6 Å². The smallest absolute Gasteiger partial charge is 0.259 e. The number of amides is 2. The monoisotopic (exact) mass is 478 g/mol. The van der Waals surface area contributed by atoms with Crippen molar-refractivity contribution in [2.75, 3.05) is 26.2 Å². The van der Waals surface area contributed by atoms with Gasteiger partial charge in [0.25, 0.3) is 17.5 Å². The van der Waals surface area contributed by atoms with Crippen molar-refractivity contribution in [1.29, 1.82) is 0 Å². The van der Waals surface area contributed by atoms with Crippen LogP contribution in [-0.2, 0) is 0 Å². The fourth-order valence-electron chi connectivity index (χ4n) is 4.13. The van der Waals surface area contributed by atoms with Gasteiger partial charge in [-0.15, -0.1) is 0 Å². The topological polar surface area (TPSA) is 79.5 Å². The second kappa shape index (κ2) is 8.87. The normalized spacial score (nSPS) is 14.0. The van der Waals surface area contributed by atoms with Crippen LogP contribution in [0.3, 0.4) is 0 Å². The molecule has 2 aromatic carbocycles. The summed E-state index contributed by atoms with van der Waals surface area (Å²) in [5.41, 5.74) is 2.71. The molecule has 5 rings (SSSR count). The summed E-state index contributed by atoms with van der Waals surface area (Å²) < 4.78 is 19.5. The summed E-state index contributed by atoms with van der Waals surface area (Å²) in [6, 6.07) is 15.2. The summed E-state index contributed by atoms with van der Waals surface area (Å²) in [5, 5.41) is 4.86. The van der Waals surface area contributed by atoms with E-state index in [2.05, 4.69) is 10.1 Å². The Morgan fingerprint density at radius 1 is 0.941 bits per heavy atom. The van der Waals surface area contributed by atoms with Gasteiger partial charge in [-0.1, -0.05) is 47.1 Å². The molecule has 1 fully saturated rings. The fraction of sp³-hybridized carbons (Fsp3) is 0.200. The predicted molar refractivity (Wildman–Crippen MR) is 125 cm³/mol. The first-order chi connectivity index (χ1) is 16.4. The maximum Gasteiger partial charge on any atom is 0.259 e. The van der Waals surface area contributed by atoms with E-state index < -0.39 is 11.7 Å². The molecule has 0 N–H and O–H groups in total. The van der Waals surface area contributed by atoms with Crippen molar-refractivity contribution < 1.29 is 18.5 Å². The number of carbonyl (C=O) groups is 2. The van der Waals surface area contributed by atoms with Crippen molar-refractivity contribution in [2.24, 2.45) is 0 Å². The first-order valence-electron chi connectivity index (χ1n) is 10.8. The maximum atomic E-state index is 14.1. The van der Waals surface area contributed by atoms with Gasteiger partial charge in [0.15, 0.2) is 0 Å². The van der Waals surface area contributed by atoms with Crippen LogP contribution in [0.4, 0.5) is 4.39 Å². The molecular formula is C25H20ClFN4O3. The molecule has 0 unspecified atom stereocenters. The number of aromatic nitrogens is 2. The third-order valence-electron chi connectivity index (χ3n) is 5.93. The minimum Gasteiger partial charge on any atom is -0.335 e. The van der Waals surface area contributed by atoms with E-state index in [0.717, 1.165) is 5.56 Å². The number of hydrogen-bond acceptors (Lipinski definition) is 5. The highest BCUT2D eigenvalue weighted by Gasteiger charge is 2.29. The van der Waals surface area contributed by atoms with Gasteiger partial charge in [-0.05, 0) is 31.2 Å². The van der Waals surface area contributed by atoms with Crippen LogP contribution in [0.1, 0.15) is 26.4 Å². The predicted octanol–water partition coefficient (Wildman–Crippen LogP) is 4.59. The van der Waals surface area contributed by atoms with Crippen molar-refractivity contribution in [1.82, 2.24) is 19.9 Å². The molecule has 34 heavy (non-hydrogen) atoms. The average Bonchev–Trinajstić information content (AvgIpc) is 3.25. The summed E-state index contributed by atoms with van der Waals surface area (Å²) >= 11 is 5.93. The quantitative estimate of drug-likeness (QED) is 0.430. The molecule has 0 spiro atoms. The number of fused-ring (bicyclic) bond motifs is 1. The number of piperazine rings is 1. The third-order valence-corrected chi connectivity index (χ3v) is 6.17. The molecule has 2 amide bonds. The minimum atomic E-state index is -0.622. The summed E-state index contributed by atoms with van der Waals surface area (Å²) in [4.78, 5) is 34.1. The van der Waals surface area contributed by atoms with E-state index in [9.17, 15) is 14.0 Å². The van der Waals surface area contributed by atoms with E-state index >= 15 is 0 Å². The Morgan fingerprint density at radius 3 is 2.26 bits per heavy atom. The first-order valence-corrected chi connectivity index (χ1v) is 11.2. The lowest BCUT2D eigenvalue weighted by Crippen LogP contribution is -2.50. The van der Waals surface area contributed by atoms with Crippen molar-refractivity contribution in [3.05, 3.63) is 82.3 Å². The zero-order valence-corrected chi connectivity index (χ0v) is 19.1. The van der Waals surface area contributed by atoms with Crippen LogP contribution in [-0.4, -0.2) is 57.9 Å². The fourth-order valence-corrected chi connectivity index (χ4v) is 4.31. The molecule has 0 aliphatic carbocycles. The summed E-state index contributed by atoms with van der Waals surface area (Å²) in [6.07, 6.45) is 0. The van der Waals surface area contributed by atoms with Gasteiger partial charge >= 0.3 is 0 Å². The van der Waals surface area contributed by atoms with E-state index in [1.54, 1.807) is 17.9 Å². The highest BCUT2D eigenvalue weighted by atomic mass is 35.5. The number of rotatable bonds is 3. The molecule has 1 aliphatic rings. The number of pyridine rings is 1. The summed E-state index contributed by atoms with van der Waals surface area (Å²) in [6.45, 7) is 2.93. The Morgan fingerprint density at radius 2 is 1.59 bits per heavy atom. The average molecular weight is 479 g/mol. The molecule has 0 radical (unpaired) electrons. The molecule has 7 nitrogen and oxygen atoms in total. The molecule has 9 heteroatoms. The lowest BCUT2D eigenvalue weighted by atomic mass is 10.0. The first kappa shape index (κ1) is 22.0. The summed E-state index contributed by atoms with van der Waals surface area (Å²) in [5.74, 6) is -1.26. The van der Waals surface area contributed by atoms with E-state index in [0.29, 0.717) is 46.2 Å². The van der Waals surface area contributed by atoms with Crippen LogP contribution in [0, 0.1) is 12.7 Å². The Balaban J connectivity index is 1.39. The molecule has 172 valence electrons. The van der Waals surface area contributed by atoms with E-state index in [4.69, 9.17) is 16.1 Å². The van der Waals surface area contributed by atoms with Crippen molar-refractivity contribution in [3.63, 3.8) is 0 Å². The molecule has 0 saturated carbocycles. The van der Waals surface area contributed by atoms with Crippen molar-refractivity contribution >= 4 is 34.5 Å². The second-order valence-electron chi connectivity index (χ2n) is 8.08. The lowest BCUT2D eigenvalue weighted by molar-refractivity contribution is 0.0534. The van der Waals surface area contributed by atoms with Crippen LogP contribution in [0.15, 0.2) is 59.1 Å². The van der Waals surface area contributed by atoms with E-state index in [1.807, 2.05) is 30.3 Å². The molecule has 3 heterocycles. The molecule has 2 aromatic heterocycles. The molecule has 1 aliphatic heterocycles. The van der Waals surface area contributed by atoms with Gasteiger partial charge in [0.2, 0.25) is 0 Å². The van der Waals surface area contributed by atoms with Gasteiger partial charge in [-0.3, -0.25) is 9.59 Å². The molecule has 0 atom stereocenters. The number of carbonyl (C=O) groups excluding carboxylic acids is 2. The minimum absolute atomic E-state index is 0.0734. The third kappa shape index (κ3) is 4.01. The molecular weight excluding hydrogens is 459 g/mol. The van der Waals surface area contributed by atoms with Gasteiger partial charge in [0.1, 0.15) is 5.82 Å². The lowest BCUT2D eigenvalue weighted by Gasteiger charge is -2.35. The van der Waals surface area contributed by atoms with E-state index in [1.165, 1.54) is 23.1 Å². The Hall–Kier alpha value is -3.78. The van der Waals surface area contributed by atoms with E-state index in [-0.39, 0.29) is 24.6 Å². The standard InChI is InChI=1S/C25H20ClFN4O3/c1-15-22-19(14-21(28-23(22)34-29-15)16-5-3-2-4-6-16)25(33)31-11-9-30(10-12-31)24(32)18-13-17(26)7-8-20(18)27/h2-8,13-14H,9-12H2,1H3. The van der Waals surface area contributed by atoms with Gasteiger partial charge in [0, 0.05) is 36.8 Å². The molecule has 4 aromatic rings. The second-order valence-corrected chi connectivity index (χ2v) is 8.51. The van der Waals surface area contributed by atoms with Crippen LogP contribution in [0.5, 0.6) is 0 Å². The van der Waals surface area contributed by atoms with Crippen LogP contribution < -0.4 is 0 Å². The summed E-state index contributed by atoms with van der Waals surface area (Å²) in [7, 11) is 0. The largest absolute Gasteiger partial charge is 0.335 e. The number of benzene rings is 2. The Kier molecular flexibility index (Phi) is 5.75. The number of nitrogens with zero attached hydrogens (tertiary/aromatic N) is 4. The van der Waals surface area contributed by atoms with Crippen molar-refractivity contribution in [3.8, 4) is 11.3 Å². The Bertz CT molecular complexity index is 1400. The van der Waals surface area contributed by atoms with Crippen LogP contribution in [0.25, 0.3) is 22.4 Å². The number of hydrogen-bond donors (Lipinski definition) is 0. The molecule has 1 saturated heterocycles. The number of halogens is 2. The SMILES string of the molecule is Cc1noc2nc(-c3ccccc3)cc(C(=O)N3CCN(C(=O)c4cc(Cl)ccc4F)CC3)c12. The Labute approximate surface area is 199 Å². The highest BCUT2D eigenvalue weighted by molar-refractivity contribution is 6.31. The van der Waals surface area contributed by atoms with Gasteiger partial charge in [-0.2, -0.15) is 0 Å². The number of aryl methyl sites for hydroxylation is 1.